The molecule has 0 spiro atoms. The lowest BCUT2D eigenvalue weighted by atomic mass is 10.1. The molecule has 0 bridgehead atoms. The first kappa shape index (κ1) is 20.2. The number of nitrogens with one attached hydrogen (secondary N) is 2. The monoisotopic (exact) mass is 423 g/mol. The van der Waals surface area contributed by atoms with Crippen LogP contribution in [0.2, 0.25) is 5.02 Å². The van der Waals surface area contributed by atoms with Crippen LogP contribution >= 0.6 is 22.9 Å². The van der Waals surface area contributed by atoms with Crippen molar-refractivity contribution in [1.82, 2.24) is 10.3 Å². The topological polar surface area (TPSA) is 71.1 Å². The molecule has 5 nitrogen and oxygen atoms in total. The van der Waals surface area contributed by atoms with E-state index in [1.54, 1.807) is 25.1 Å². The molecule has 0 aliphatic rings. The van der Waals surface area contributed by atoms with Crippen LogP contribution in [-0.2, 0) is 16.0 Å². The van der Waals surface area contributed by atoms with Crippen LogP contribution in [0.4, 0.5) is 13.9 Å². The summed E-state index contributed by atoms with van der Waals surface area (Å²) in [6.45, 7) is 1.74. The molecule has 2 amide bonds. The highest BCUT2D eigenvalue weighted by Gasteiger charge is 2.20. The minimum atomic E-state index is -0.804. The largest absolute Gasteiger partial charge is 0.344 e. The van der Waals surface area contributed by atoms with E-state index in [0.29, 0.717) is 22.1 Å². The van der Waals surface area contributed by atoms with Crippen LogP contribution in [0.3, 0.4) is 0 Å². The Bertz CT molecular complexity index is 1020. The third kappa shape index (κ3) is 5.02. The predicted molar refractivity (Wildman–Crippen MR) is 106 cm³/mol. The first-order valence-electron chi connectivity index (χ1n) is 8.45. The van der Waals surface area contributed by atoms with Gasteiger partial charge in [0.2, 0.25) is 11.8 Å². The number of nitrogens with zero attached hydrogens (tertiary/aromatic N) is 1. The van der Waals surface area contributed by atoms with E-state index < -0.39 is 29.5 Å². The van der Waals surface area contributed by atoms with E-state index >= 15 is 0 Å². The fourth-order valence-corrected chi connectivity index (χ4v) is 3.79. The molecule has 0 fully saturated rings. The molecule has 1 aromatic heterocycles. The van der Waals surface area contributed by atoms with Gasteiger partial charge in [-0.25, -0.2) is 13.8 Å². The molecular formula is C19H16ClF2N3O2S. The van der Waals surface area contributed by atoms with Crippen molar-refractivity contribution in [3.05, 3.63) is 58.6 Å². The van der Waals surface area contributed by atoms with Gasteiger partial charge in [0, 0.05) is 11.1 Å². The van der Waals surface area contributed by atoms with Crippen molar-refractivity contribution < 1.29 is 18.4 Å². The van der Waals surface area contributed by atoms with Crippen LogP contribution in [0.15, 0.2) is 36.4 Å². The zero-order chi connectivity index (χ0) is 20.3. The number of carbonyl (C=O) groups excluding carboxylic acids is 2. The number of hydrogen-bond acceptors (Lipinski definition) is 4. The van der Waals surface area contributed by atoms with Crippen LogP contribution in [-0.4, -0.2) is 22.8 Å². The second-order valence-corrected chi connectivity index (χ2v) is 7.57. The van der Waals surface area contributed by atoms with Crippen molar-refractivity contribution in [3.63, 3.8) is 0 Å². The lowest BCUT2D eigenvalue weighted by Gasteiger charge is -2.16. The molecule has 9 heteroatoms. The first-order chi connectivity index (χ1) is 13.3. The number of benzene rings is 2. The molecule has 0 saturated carbocycles. The summed E-state index contributed by atoms with van der Waals surface area (Å²) in [6.07, 6.45) is 0.101. The van der Waals surface area contributed by atoms with E-state index in [-0.39, 0.29) is 12.0 Å². The van der Waals surface area contributed by atoms with E-state index in [1.165, 1.54) is 11.3 Å². The van der Waals surface area contributed by atoms with E-state index in [2.05, 4.69) is 15.6 Å². The predicted octanol–water partition coefficient (Wildman–Crippen LogP) is 4.30. The molecule has 3 aromatic rings. The maximum absolute atomic E-state index is 13.2. The van der Waals surface area contributed by atoms with Gasteiger partial charge >= 0.3 is 0 Å². The quantitative estimate of drug-likeness (QED) is 0.620. The SMILES string of the molecule is CCC(NC(=O)Cc1cc(F)cc(F)c1)C(=O)Nc1nc2ccc(Cl)cc2s1. The average molecular weight is 424 g/mol. The van der Waals surface area contributed by atoms with Gasteiger partial charge in [-0.3, -0.25) is 9.59 Å². The van der Waals surface area contributed by atoms with Crippen LogP contribution in [0.5, 0.6) is 0 Å². The van der Waals surface area contributed by atoms with Gasteiger partial charge in [0.25, 0.3) is 0 Å². The zero-order valence-corrected chi connectivity index (χ0v) is 16.3. The highest BCUT2D eigenvalue weighted by molar-refractivity contribution is 7.22. The molecular weight excluding hydrogens is 408 g/mol. The highest BCUT2D eigenvalue weighted by Crippen LogP contribution is 2.28. The minimum Gasteiger partial charge on any atom is -0.344 e. The summed E-state index contributed by atoms with van der Waals surface area (Å²) < 4.78 is 27.3. The molecule has 1 unspecified atom stereocenters. The van der Waals surface area contributed by atoms with Crippen LogP contribution in [0.1, 0.15) is 18.9 Å². The van der Waals surface area contributed by atoms with Crippen molar-refractivity contribution in [2.75, 3.05) is 5.32 Å². The van der Waals surface area contributed by atoms with Crippen LogP contribution in [0.25, 0.3) is 10.2 Å². The third-order valence-electron chi connectivity index (χ3n) is 3.93. The van der Waals surface area contributed by atoms with E-state index in [9.17, 15) is 18.4 Å². The summed E-state index contributed by atoms with van der Waals surface area (Å²) >= 11 is 7.22. The number of fused-ring (bicyclic) bond motifs is 1. The molecule has 2 aromatic carbocycles. The van der Waals surface area contributed by atoms with E-state index in [4.69, 9.17) is 11.6 Å². The van der Waals surface area contributed by atoms with Gasteiger partial charge in [-0.15, -0.1) is 0 Å². The number of aromatic nitrogens is 1. The van der Waals surface area contributed by atoms with Crippen molar-refractivity contribution in [3.8, 4) is 0 Å². The van der Waals surface area contributed by atoms with E-state index in [1.807, 2.05) is 0 Å². The molecule has 3 rings (SSSR count). The van der Waals surface area contributed by atoms with Gasteiger partial charge in [-0.2, -0.15) is 0 Å². The van der Waals surface area contributed by atoms with Gasteiger partial charge in [-0.1, -0.05) is 29.9 Å². The van der Waals surface area contributed by atoms with E-state index in [0.717, 1.165) is 22.9 Å². The maximum atomic E-state index is 13.2. The fraction of sp³-hybridized carbons (Fsp3) is 0.211. The normalized spacial score (nSPS) is 12.0. The number of hydrogen-bond donors (Lipinski definition) is 2. The molecule has 2 N–H and O–H groups in total. The second-order valence-electron chi connectivity index (χ2n) is 6.10. The summed E-state index contributed by atoms with van der Waals surface area (Å²) in [5.74, 6) is -2.46. The Balaban J connectivity index is 1.64. The van der Waals surface area contributed by atoms with Gasteiger partial charge in [0.15, 0.2) is 5.13 Å². The number of halogens is 3. The number of rotatable bonds is 6. The highest BCUT2D eigenvalue weighted by atomic mass is 35.5. The first-order valence-corrected chi connectivity index (χ1v) is 9.65. The van der Waals surface area contributed by atoms with Gasteiger partial charge in [0.05, 0.1) is 16.6 Å². The average Bonchev–Trinajstić information content (AvgIpc) is 2.99. The Labute approximate surface area is 168 Å². The molecule has 0 radical (unpaired) electrons. The Kier molecular flexibility index (Phi) is 6.21. The molecule has 28 heavy (non-hydrogen) atoms. The Morgan fingerprint density at radius 1 is 1.18 bits per heavy atom. The Hall–Kier alpha value is -2.58. The second kappa shape index (κ2) is 8.62. The zero-order valence-electron chi connectivity index (χ0n) is 14.8. The molecule has 0 aliphatic carbocycles. The van der Waals surface area contributed by atoms with Crippen molar-refractivity contribution in [2.24, 2.45) is 0 Å². The fourth-order valence-electron chi connectivity index (χ4n) is 2.64. The van der Waals surface area contributed by atoms with Crippen LogP contribution in [0, 0.1) is 11.6 Å². The lowest BCUT2D eigenvalue weighted by Crippen LogP contribution is -2.44. The molecule has 0 aliphatic heterocycles. The molecule has 1 heterocycles. The lowest BCUT2D eigenvalue weighted by molar-refractivity contribution is -0.126. The van der Waals surface area contributed by atoms with Crippen molar-refractivity contribution >= 4 is 50.1 Å². The summed E-state index contributed by atoms with van der Waals surface area (Å²) in [6, 6.07) is 7.30. The van der Waals surface area contributed by atoms with Crippen LogP contribution < -0.4 is 10.6 Å². The summed E-state index contributed by atoms with van der Waals surface area (Å²) in [4.78, 5) is 29.0. The maximum Gasteiger partial charge on any atom is 0.248 e. The van der Waals surface area contributed by atoms with Gasteiger partial charge in [-0.05, 0) is 42.3 Å². The summed E-state index contributed by atoms with van der Waals surface area (Å²) in [7, 11) is 0. The van der Waals surface area contributed by atoms with Crippen molar-refractivity contribution in [1.29, 1.82) is 0 Å². The third-order valence-corrected chi connectivity index (χ3v) is 5.10. The molecule has 0 saturated heterocycles. The van der Waals surface area contributed by atoms with Gasteiger partial charge < -0.3 is 10.6 Å². The van der Waals surface area contributed by atoms with Crippen molar-refractivity contribution in [2.45, 2.75) is 25.8 Å². The molecule has 1 atom stereocenters. The number of anilines is 1. The molecule has 146 valence electrons. The smallest absolute Gasteiger partial charge is 0.248 e. The minimum absolute atomic E-state index is 0.188. The Morgan fingerprint density at radius 3 is 2.57 bits per heavy atom. The van der Waals surface area contributed by atoms with Gasteiger partial charge in [0.1, 0.15) is 17.7 Å². The number of amides is 2. The standard InChI is InChI=1S/C19H16ClF2N3O2S/c1-2-14(23-17(26)7-10-5-12(21)9-13(22)6-10)18(27)25-19-24-15-4-3-11(20)8-16(15)28-19/h3-6,8-9,14H,2,7H2,1H3,(H,23,26)(H,24,25,27). The number of thiazole rings is 1. The Morgan fingerprint density at radius 2 is 1.89 bits per heavy atom. The summed E-state index contributed by atoms with van der Waals surface area (Å²) in [5.41, 5.74) is 0.892. The number of carbonyl (C=O) groups is 2. The summed E-state index contributed by atoms with van der Waals surface area (Å²) in [5, 5.41) is 6.22.